The Kier molecular flexibility index (Phi) is 5.51. The van der Waals surface area contributed by atoms with E-state index in [0.717, 1.165) is 25.2 Å². The van der Waals surface area contributed by atoms with E-state index in [2.05, 4.69) is 33.8 Å². The van der Waals surface area contributed by atoms with Crippen molar-refractivity contribution in [2.45, 2.75) is 53.4 Å². The van der Waals surface area contributed by atoms with E-state index in [0.29, 0.717) is 11.8 Å². The monoisotopic (exact) mass is 240 g/mol. The van der Waals surface area contributed by atoms with Crippen LogP contribution in [0.3, 0.4) is 0 Å². The van der Waals surface area contributed by atoms with E-state index in [1.54, 1.807) is 0 Å². The van der Waals surface area contributed by atoms with Crippen molar-refractivity contribution in [1.82, 2.24) is 0 Å². The Balaban J connectivity index is 2.56. The van der Waals surface area contributed by atoms with Gasteiger partial charge in [-0.25, -0.2) is 0 Å². The molecule has 2 nitrogen and oxygen atoms in total. The largest absolute Gasteiger partial charge is 0.498 e. The zero-order valence-corrected chi connectivity index (χ0v) is 11.8. The molecule has 100 valence electrons. The Labute approximate surface area is 106 Å². The maximum Gasteiger partial charge on any atom is 0.0925 e. The van der Waals surface area contributed by atoms with E-state index in [1.807, 2.05) is 0 Å². The number of hydrogen-bond acceptors (Lipinski definition) is 2. The second-order valence-corrected chi connectivity index (χ2v) is 6.22. The highest BCUT2D eigenvalue weighted by Gasteiger charge is 2.25. The minimum atomic E-state index is 0.245. The smallest absolute Gasteiger partial charge is 0.0925 e. The fourth-order valence-corrected chi connectivity index (χ4v) is 2.45. The van der Waals surface area contributed by atoms with E-state index < -0.39 is 0 Å². The molecule has 2 unspecified atom stereocenters. The van der Waals surface area contributed by atoms with Gasteiger partial charge in [0.1, 0.15) is 0 Å². The molecule has 1 heterocycles. The molecule has 2 atom stereocenters. The van der Waals surface area contributed by atoms with Crippen molar-refractivity contribution in [2.24, 2.45) is 17.3 Å². The standard InChI is InChI=1S/C15H28O2/c1-5-13-8-15(3,4)9-14(17-11-13)7-6-12(2)10-16/h9,12-13,16H,5-8,10-11H2,1-4H3. The average Bonchev–Trinajstić information content (AvgIpc) is 2.43. The lowest BCUT2D eigenvalue weighted by Crippen LogP contribution is -2.14. The first-order valence-electron chi connectivity index (χ1n) is 6.92. The first kappa shape index (κ1) is 14.6. The predicted molar refractivity (Wildman–Crippen MR) is 71.7 cm³/mol. The second kappa shape index (κ2) is 6.44. The van der Waals surface area contributed by atoms with Gasteiger partial charge in [0.2, 0.25) is 0 Å². The minimum Gasteiger partial charge on any atom is -0.498 e. The van der Waals surface area contributed by atoms with Crippen LogP contribution in [-0.2, 0) is 4.74 Å². The fraction of sp³-hybridized carbons (Fsp3) is 0.867. The summed E-state index contributed by atoms with van der Waals surface area (Å²) in [6, 6.07) is 0. The van der Waals surface area contributed by atoms with Gasteiger partial charge < -0.3 is 9.84 Å². The Morgan fingerprint density at radius 1 is 1.53 bits per heavy atom. The third-order valence-corrected chi connectivity index (χ3v) is 3.64. The van der Waals surface area contributed by atoms with Crippen LogP contribution in [0.5, 0.6) is 0 Å². The van der Waals surface area contributed by atoms with E-state index in [-0.39, 0.29) is 12.0 Å². The van der Waals surface area contributed by atoms with Gasteiger partial charge in [0, 0.05) is 13.0 Å². The Hall–Kier alpha value is -0.500. The first-order valence-corrected chi connectivity index (χ1v) is 6.92. The molecule has 1 aliphatic heterocycles. The molecule has 17 heavy (non-hydrogen) atoms. The maximum absolute atomic E-state index is 9.04. The molecule has 0 aromatic heterocycles. The van der Waals surface area contributed by atoms with Gasteiger partial charge in [-0.2, -0.15) is 0 Å². The molecule has 0 amide bonds. The molecular weight excluding hydrogens is 212 g/mol. The van der Waals surface area contributed by atoms with Crippen molar-refractivity contribution in [3.8, 4) is 0 Å². The highest BCUT2D eigenvalue weighted by atomic mass is 16.5. The second-order valence-electron chi connectivity index (χ2n) is 6.22. The lowest BCUT2D eigenvalue weighted by atomic mass is 9.82. The minimum absolute atomic E-state index is 0.245. The summed E-state index contributed by atoms with van der Waals surface area (Å²) in [6.07, 6.45) is 6.67. The van der Waals surface area contributed by atoms with Gasteiger partial charge in [-0.1, -0.05) is 34.1 Å². The summed E-state index contributed by atoms with van der Waals surface area (Å²) in [4.78, 5) is 0. The topological polar surface area (TPSA) is 29.5 Å². The van der Waals surface area contributed by atoms with E-state index in [9.17, 15) is 0 Å². The van der Waals surface area contributed by atoms with Crippen LogP contribution in [0.25, 0.3) is 0 Å². The van der Waals surface area contributed by atoms with Crippen LogP contribution in [0.2, 0.25) is 0 Å². The summed E-state index contributed by atoms with van der Waals surface area (Å²) in [5.74, 6) is 2.17. The van der Waals surface area contributed by atoms with Crippen molar-refractivity contribution in [1.29, 1.82) is 0 Å². The van der Waals surface area contributed by atoms with Gasteiger partial charge >= 0.3 is 0 Å². The third kappa shape index (κ3) is 5.12. The van der Waals surface area contributed by atoms with Crippen LogP contribution in [0.1, 0.15) is 53.4 Å². The molecule has 0 radical (unpaired) electrons. The molecule has 0 spiro atoms. The number of allylic oxidation sites excluding steroid dienone is 2. The van der Waals surface area contributed by atoms with Crippen LogP contribution in [-0.4, -0.2) is 18.3 Å². The average molecular weight is 240 g/mol. The summed E-state index contributed by atoms with van der Waals surface area (Å²) < 4.78 is 5.92. The number of hydrogen-bond donors (Lipinski definition) is 1. The lowest BCUT2D eigenvalue weighted by molar-refractivity contribution is 0.148. The third-order valence-electron chi connectivity index (χ3n) is 3.64. The Morgan fingerprint density at radius 3 is 2.82 bits per heavy atom. The van der Waals surface area contributed by atoms with Crippen LogP contribution in [0.15, 0.2) is 11.8 Å². The van der Waals surface area contributed by atoms with Gasteiger partial charge in [-0.3, -0.25) is 0 Å². The molecule has 2 heteroatoms. The molecule has 1 rings (SSSR count). The number of rotatable bonds is 5. The summed E-state index contributed by atoms with van der Waals surface area (Å²) in [5, 5.41) is 9.04. The first-order chi connectivity index (χ1) is 7.96. The van der Waals surface area contributed by atoms with Crippen LogP contribution in [0.4, 0.5) is 0 Å². The molecule has 0 saturated carbocycles. The summed E-state index contributed by atoms with van der Waals surface area (Å²) in [5.41, 5.74) is 0.245. The summed E-state index contributed by atoms with van der Waals surface area (Å²) in [7, 11) is 0. The van der Waals surface area contributed by atoms with Crippen LogP contribution in [0, 0.1) is 17.3 Å². The van der Waals surface area contributed by atoms with Gasteiger partial charge in [0.25, 0.3) is 0 Å². The van der Waals surface area contributed by atoms with Crippen molar-refractivity contribution in [3.63, 3.8) is 0 Å². The van der Waals surface area contributed by atoms with Crippen LogP contribution < -0.4 is 0 Å². The van der Waals surface area contributed by atoms with Crippen molar-refractivity contribution in [3.05, 3.63) is 11.8 Å². The predicted octanol–water partition coefficient (Wildman–Crippen LogP) is 3.75. The molecule has 0 aromatic rings. The molecule has 0 aromatic carbocycles. The number of ether oxygens (including phenoxy) is 1. The zero-order chi connectivity index (χ0) is 12.9. The Bertz CT molecular complexity index is 256. The van der Waals surface area contributed by atoms with E-state index in [1.165, 1.54) is 12.8 Å². The van der Waals surface area contributed by atoms with Crippen molar-refractivity contribution in [2.75, 3.05) is 13.2 Å². The molecule has 1 N–H and O–H groups in total. The SMILES string of the molecule is CCC1COC(CCC(C)CO)=CC(C)(C)C1. The van der Waals surface area contributed by atoms with Crippen molar-refractivity contribution < 1.29 is 9.84 Å². The molecule has 0 bridgehead atoms. The van der Waals surface area contributed by atoms with E-state index in [4.69, 9.17) is 9.84 Å². The highest BCUT2D eigenvalue weighted by Crippen LogP contribution is 2.34. The van der Waals surface area contributed by atoms with Crippen LogP contribution >= 0.6 is 0 Å². The lowest BCUT2D eigenvalue weighted by Gasteiger charge is -2.22. The Morgan fingerprint density at radius 2 is 2.24 bits per heavy atom. The summed E-state index contributed by atoms with van der Waals surface area (Å²) >= 11 is 0. The molecule has 0 fully saturated rings. The highest BCUT2D eigenvalue weighted by molar-refractivity contribution is 5.04. The maximum atomic E-state index is 9.04. The summed E-state index contributed by atoms with van der Waals surface area (Å²) in [6.45, 7) is 10.0. The number of aliphatic hydroxyl groups is 1. The van der Waals surface area contributed by atoms with Gasteiger partial charge in [-0.05, 0) is 36.2 Å². The fourth-order valence-electron chi connectivity index (χ4n) is 2.45. The normalized spacial score (nSPS) is 25.7. The quantitative estimate of drug-likeness (QED) is 0.793. The van der Waals surface area contributed by atoms with E-state index >= 15 is 0 Å². The molecule has 0 aliphatic carbocycles. The molecule has 1 aliphatic rings. The van der Waals surface area contributed by atoms with Gasteiger partial charge in [-0.15, -0.1) is 0 Å². The number of aliphatic hydroxyl groups excluding tert-OH is 1. The zero-order valence-electron chi connectivity index (χ0n) is 11.8. The van der Waals surface area contributed by atoms with Gasteiger partial charge in [0.05, 0.1) is 12.4 Å². The molecular formula is C15H28O2. The van der Waals surface area contributed by atoms with Gasteiger partial charge in [0.15, 0.2) is 0 Å². The molecule has 0 saturated heterocycles. The van der Waals surface area contributed by atoms with Crippen molar-refractivity contribution >= 4 is 0 Å².